The number of nitrogens with zero attached hydrogens (tertiary/aromatic N) is 2. The highest BCUT2D eigenvalue weighted by atomic mass is 16.2. The van der Waals surface area contributed by atoms with Crippen molar-refractivity contribution in [1.82, 2.24) is 9.55 Å². The lowest BCUT2D eigenvalue weighted by Gasteiger charge is -2.21. The molecule has 1 heterocycles. The van der Waals surface area contributed by atoms with Crippen molar-refractivity contribution in [3.05, 3.63) is 32.6 Å². The lowest BCUT2D eigenvalue weighted by atomic mass is 10.1. The van der Waals surface area contributed by atoms with Crippen LogP contribution in [-0.2, 0) is 5.54 Å². The molecule has 0 aliphatic carbocycles. The molecule has 0 aliphatic rings. The maximum Gasteiger partial charge on any atom is 0.328 e. The van der Waals surface area contributed by atoms with Gasteiger partial charge < -0.3 is 0 Å². The van der Waals surface area contributed by atoms with Crippen molar-refractivity contribution in [3.8, 4) is 6.07 Å². The van der Waals surface area contributed by atoms with E-state index in [4.69, 9.17) is 5.26 Å². The summed E-state index contributed by atoms with van der Waals surface area (Å²) in [5.74, 6) is 0. The average Bonchev–Trinajstić information content (AvgIpc) is 2.02. The lowest BCUT2D eigenvalue weighted by molar-refractivity contribution is 0.376. The van der Waals surface area contributed by atoms with E-state index < -0.39 is 16.8 Å². The first-order valence-corrected chi connectivity index (χ1v) is 4.13. The average molecular weight is 193 g/mol. The van der Waals surface area contributed by atoms with E-state index in [0.717, 1.165) is 0 Å². The van der Waals surface area contributed by atoms with Gasteiger partial charge in [-0.2, -0.15) is 5.26 Å². The first kappa shape index (κ1) is 10.3. The molecular formula is C9H11N3O2. The van der Waals surface area contributed by atoms with Crippen molar-refractivity contribution >= 4 is 0 Å². The third-order valence-corrected chi connectivity index (χ3v) is 1.79. The second-order valence-electron chi connectivity index (χ2n) is 3.95. The molecule has 0 spiro atoms. The van der Waals surface area contributed by atoms with Gasteiger partial charge in [0.15, 0.2) is 0 Å². The predicted molar refractivity (Wildman–Crippen MR) is 51.0 cm³/mol. The number of rotatable bonds is 0. The van der Waals surface area contributed by atoms with E-state index in [9.17, 15) is 9.59 Å². The second kappa shape index (κ2) is 3.14. The Labute approximate surface area is 80.6 Å². The van der Waals surface area contributed by atoms with Gasteiger partial charge in [0, 0.05) is 11.7 Å². The monoisotopic (exact) mass is 193 g/mol. The van der Waals surface area contributed by atoms with Crippen molar-refractivity contribution in [1.29, 1.82) is 5.26 Å². The molecule has 5 nitrogen and oxygen atoms in total. The normalized spacial score (nSPS) is 11.0. The number of aromatic amines is 1. The van der Waals surface area contributed by atoms with Gasteiger partial charge in [-0.25, -0.2) is 4.79 Å². The molecule has 0 aromatic carbocycles. The summed E-state index contributed by atoms with van der Waals surface area (Å²) in [7, 11) is 0. The second-order valence-corrected chi connectivity index (χ2v) is 3.95. The van der Waals surface area contributed by atoms with Crippen molar-refractivity contribution < 1.29 is 0 Å². The van der Waals surface area contributed by atoms with Crippen molar-refractivity contribution in [2.24, 2.45) is 0 Å². The van der Waals surface area contributed by atoms with Gasteiger partial charge in [-0.15, -0.1) is 0 Å². The molecule has 5 heteroatoms. The first-order valence-electron chi connectivity index (χ1n) is 4.13. The molecule has 0 radical (unpaired) electrons. The zero-order valence-electron chi connectivity index (χ0n) is 8.29. The van der Waals surface area contributed by atoms with Gasteiger partial charge in [0.1, 0.15) is 11.6 Å². The third kappa shape index (κ3) is 1.74. The lowest BCUT2D eigenvalue weighted by Crippen LogP contribution is -2.39. The van der Waals surface area contributed by atoms with Crippen LogP contribution in [0, 0.1) is 11.3 Å². The Hall–Kier alpha value is -1.83. The molecule has 0 saturated carbocycles. The molecule has 1 rings (SSSR count). The SMILES string of the molecule is CC(C)(C)n1cc(C#N)c(=O)[nH]c1=O. The van der Waals surface area contributed by atoms with Crippen LogP contribution in [0.3, 0.4) is 0 Å². The molecule has 0 atom stereocenters. The Morgan fingerprint density at radius 1 is 1.43 bits per heavy atom. The molecule has 0 fully saturated rings. The van der Waals surface area contributed by atoms with Gasteiger partial charge in [-0.1, -0.05) is 0 Å². The Morgan fingerprint density at radius 3 is 2.43 bits per heavy atom. The number of aromatic nitrogens is 2. The van der Waals surface area contributed by atoms with Crippen LogP contribution in [0.15, 0.2) is 15.8 Å². The molecule has 0 bridgehead atoms. The largest absolute Gasteiger partial charge is 0.328 e. The highest BCUT2D eigenvalue weighted by molar-refractivity contribution is 5.22. The topological polar surface area (TPSA) is 78.7 Å². The zero-order chi connectivity index (χ0) is 10.9. The molecule has 0 unspecified atom stereocenters. The van der Waals surface area contributed by atoms with Crippen LogP contribution in [-0.4, -0.2) is 9.55 Å². The Bertz CT molecular complexity index is 497. The molecular weight excluding hydrogens is 182 g/mol. The van der Waals surface area contributed by atoms with Crippen molar-refractivity contribution in [2.45, 2.75) is 26.3 Å². The predicted octanol–water partition coefficient (Wildman–Crippen LogP) is 0.163. The fourth-order valence-corrected chi connectivity index (χ4v) is 1.05. The molecule has 1 aromatic rings. The smallest absolute Gasteiger partial charge is 0.294 e. The van der Waals surface area contributed by atoms with Crippen LogP contribution >= 0.6 is 0 Å². The van der Waals surface area contributed by atoms with Crippen LogP contribution < -0.4 is 11.2 Å². The van der Waals surface area contributed by atoms with Crippen molar-refractivity contribution in [2.75, 3.05) is 0 Å². The van der Waals surface area contributed by atoms with E-state index in [1.54, 1.807) is 6.07 Å². The quantitative estimate of drug-likeness (QED) is 0.637. The Morgan fingerprint density at radius 2 is 2.00 bits per heavy atom. The fraction of sp³-hybridized carbons (Fsp3) is 0.444. The molecule has 1 N–H and O–H groups in total. The van der Waals surface area contributed by atoms with Crippen LogP contribution in [0.25, 0.3) is 0 Å². The number of hydrogen-bond acceptors (Lipinski definition) is 3. The van der Waals surface area contributed by atoms with Gasteiger partial charge >= 0.3 is 5.69 Å². The molecule has 0 amide bonds. The summed E-state index contributed by atoms with van der Waals surface area (Å²) in [6.45, 7) is 5.44. The maximum atomic E-state index is 11.4. The zero-order valence-corrected chi connectivity index (χ0v) is 8.29. The van der Waals surface area contributed by atoms with Gasteiger partial charge in [0.2, 0.25) is 0 Å². The third-order valence-electron chi connectivity index (χ3n) is 1.79. The minimum atomic E-state index is -0.641. The first-order chi connectivity index (χ1) is 6.36. The Kier molecular flexibility index (Phi) is 2.30. The van der Waals surface area contributed by atoms with E-state index in [2.05, 4.69) is 4.98 Å². The highest BCUT2D eigenvalue weighted by Crippen LogP contribution is 2.09. The van der Waals surface area contributed by atoms with Crippen LogP contribution in [0.2, 0.25) is 0 Å². The number of H-pyrrole nitrogens is 1. The molecule has 0 aliphatic heterocycles. The number of nitriles is 1. The minimum absolute atomic E-state index is 0.0560. The summed E-state index contributed by atoms with van der Waals surface area (Å²) in [4.78, 5) is 24.5. The molecule has 74 valence electrons. The summed E-state index contributed by atoms with van der Waals surface area (Å²) in [5.41, 5.74) is -1.65. The van der Waals surface area contributed by atoms with Crippen LogP contribution in [0.5, 0.6) is 0 Å². The summed E-state index contributed by atoms with van der Waals surface area (Å²) < 4.78 is 1.33. The summed E-state index contributed by atoms with van der Waals surface area (Å²) in [6, 6.07) is 1.73. The number of hydrogen-bond donors (Lipinski definition) is 1. The minimum Gasteiger partial charge on any atom is -0.294 e. The fourth-order valence-electron chi connectivity index (χ4n) is 1.05. The van der Waals surface area contributed by atoms with E-state index in [-0.39, 0.29) is 5.56 Å². The molecule has 14 heavy (non-hydrogen) atoms. The van der Waals surface area contributed by atoms with Gasteiger partial charge in [0.05, 0.1) is 0 Å². The molecule has 1 aromatic heterocycles. The van der Waals surface area contributed by atoms with Gasteiger partial charge in [-0.05, 0) is 20.8 Å². The number of nitrogens with one attached hydrogen (secondary N) is 1. The highest BCUT2D eigenvalue weighted by Gasteiger charge is 2.16. The Balaban J connectivity index is 3.58. The van der Waals surface area contributed by atoms with Gasteiger partial charge in [-0.3, -0.25) is 14.3 Å². The summed E-state index contributed by atoms with van der Waals surface area (Å²) >= 11 is 0. The summed E-state index contributed by atoms with van der Waals surface area (Å²) in [5, 5.41) is 8.61. The van der Waals surface area contributed by atoms with Gasteiger partial charge in [0.25, 0.3) is 5.56 Å². The maximum absolute atomic E-state index is 11.4. The van der Waals surface area contributed by atoms with Crippen LogP contribution in [0.4, 0.5) is 0 Å². The van der Waals surface area contributed by atoms with Crippen LogP contribution in [0.1, 0.15) is 26.3 Å². The van der Waals surface area contributed by atoms with E-state index in [0.29, 0.717) is 0 Å². The van der Waals surface area contributed by atoms with E-state index in [1.807, 2.05) is 20.8 Å². The van der Waals surface area contributed by atoms with E-state index >= 15 is 0 Å². The summed E-state index contributed by atoms with van der Waals surface area (Å²) in [6.07, 6.45) is 1.28. The van der Waals surface area contributed by atoms with E-state index in [1.165, 1.54) is 10.8 Å². The molecule has 0 saturated heterocycles. The standard InChI is InChI=1S/C9H11N3O2/c1-9(2,3)12-5-6(4-10)7(13)11-8(12)14/h5H,1-3H3,(H,11,13,14). The van der Waals surface area contributed by atoms with Crippen molar-refractivity contribution in [3.63, 3.8) is 0 Å².